The van der Waals surface area contributed by atoms with Crippen molar-refractivity contribution in [1.29, 1.82) is 0 Å². The van der Waals surface area contributed by atoms with Crippen molar-refractivity contribution < 1.29 is 59.5 Å². The maximum Gasteiger partial charge on any atom is 0.335 e. The van der Waals surface area contributed by atoms with E-state index >= 15 is 0 Å². The number of ether oxygens (including phenoxy) is 2. The summed E-state index contributed by atoms with van der Waals surface area (Å²) in [5.74, 6) is -5.11. The van der Waals surface area contributed by atoms with Gasteiger partial charge >= 0.3 is 5.97 Å². The number of phenols is 4. The highest BCUT2D eigenvalue weighted by atomic mass is 16.7. The largest absolute Gasteiger partial charge is 0.508 e. The number of carbonyl (C=O) groups is 1. The summed E-state index contributed by atoms with van der Waals surface area (Å²) in [6.45, 7) is 0. The molecule has 0 amide bonds. The summed E-state index contributed by atoms with van der Waals surface area (Å²) in [5.41, 5.74) is -1.40. The lowest BCUT2D eigenvalue weighted by Gasteiger charge is -2.38. The number of hydrogen-bond acceptors (Lipinski definition) is 12. The number of aromatic hydroxyl groups is 4. The van der Waals surface area contributed by atoms with E-state index in [9.17, 15) is 50.4 Å². The predicted molar refractivity (Wildman–Crippen MR) is 110 cm³/mol. The number of rotatable bonds is 4. The Morgan fingerprint density at radius 3 is 2.24 bits per heavy atom. The van der Waals surface area contributed by atoms with Crippen molar-refractivity contribution in [2.75, 3.05) is 0 Å². The van der Waals surface area contributed by atoms with Crippen LogP contribution in [-0.4, -0.2) is 77.5 Å². The van der Waals surface area contributed by atoms with Gasteiger partial charge in [0.1, 0.15) is 40.8 Å². The van der Waals surface area contributed by atoms with Gasteiger partial charge in [-0.3, -0.25) is 4.79 Å². The van der Waals surface area contributed by atoms with E-state index in [0.29, 0.717) is 0 Å². The second-order valence-corrected chi connectivity index (χ2v) is 7.48. The Hall–Kier alpha value is -4.04. The second-order valence-electron chi connectivity index (χ2n) is 7.48. The summed E-state index contributed by atoms with van der Waals surface area (Å²) in [7, 11) is 0. The number of benzene rings is 2. The molecule has 1 aliphatic heterocycles. The van der Waals surface area contributed by atoms with Crippen molar-refractivity contribution in [3.05, 3.63) is 40.6 Å². The molecule has 3 aromatic rings. The Morgan fingerprint density at radius 1 is 0.882 bits per heavy atom. The van der Waals surface area contributed by atoms with Crippen molar-refractivity contribution in [3.8, 4) is 40.1 Å². The standard InChI is InChI=1S/C21H18O13/c22-7-4-10(25)12-11(5-7)32-17(6-1-2-8(23)9(24)3-6)18(13(12)26)33-21-16(29)14(27)15(28)19(34-21)20(30)31/h1-5,14-16,19,21-25,27-29H,(H,30,31)/t14-,15-,16-,19-,21-/m0/s1. The van der Waals surface area contributed by atoms with Gasteiger partial charge in [0.25, 0.3) is 0 Å². The number of phenolic OH excluding ortho intramolecular Hbond substituents is 4. The number of carboxylic acid groups (broad SMARTS) is 1. The Morgan fingerprint density at radius 2 is 1.59 bits per heavy atom. The molecule has 5 atom stereocenters. The Bertz CT molecular complexity index is 1330. The molecule has 13 heteroatoms. The van der Waals surface area contributed by atoms with Crippen molar-refractivity contribution in [2.45, 2.75) is 30.7 Å². The molecule has 0 unspecified atom stereocenters. The van der Waals surface area contributed by atoms with Gasteiger partial charge in [-0.05, 0) is 18.2 Å². The summed E-state index contributed by atoms with van der Waals surface area (Å²) in [6, 6.07) is 5.13. The van der Waals surface area contributed by atoms with Crippen LogP contribution < -0.4 is 10.2 Å². The molecule has 4 rings (SSSR count). The first-order valence-electron chi connectivity index (χ1n) is 9.64. The van der Waals surface area contributed by atoms with Gasteiger partial charge in [0.05, 0.1) is 0 Å². The molecule has 180 valence electrons. The van der Waals surface area contributed by atoms with Crippen LogP contribution >= 0.6 is 0 Å². The zero-order valence-corrected chi connectivity index (χ0v) is 16.9. The molecular formula is C21H18O13. The van der Waals surface area contributed by atoms with Crippen LogP contribution in [-0.2, 0) is 9.53 Å². The number of hydrogen-bond donors (Lipinski definition) is 8. The fraction of sp³-hybridized carbons (Fsp3) is 0.238. The summed E-state index contributed by atoms with van der Waals surface area (Å²) in [4.78, 5) is 24.6. The molecule has 1 fully saturated rings. The molecular weight excluding hydrogens is 460 g/mol. The number of aliphatic hydroxyl groups is 3. The summed E-state index contributed by atoms with van der Waals surface area (Å²) >= 11 is 0. The monoisotopic (exact) mass is 478 g/mol. The van der Waals surface area contributed by atoms with E-state index in [4.69, 9.17) is 13.9 Å². The van der Waals surface area contributed by atoms with Crippen molar-refractivity contribution >= 4 is 16.9 Å². The fourth-order valence-electron chi connectivity index (χ4n) is 3.50. The van der Waals surface area contributed by atoms with E-state index in [2.05, 4.69) is 0 Å². The summed E-state index contributed by atoms with van der Waals surface area (Å²) in [6.07, 6.45) is -10.1. The maximum absolute atomic E-state index is 13.2. The molecule has 1 saturated heterocycles. The van der Waals surface area contributed by atoms with Crippen molar-refractivity contribution in [3.63, 3.8) is 0 Å². The summed E-state index contributed by atoms with van der Waals surface area (Å²) < 4.78 is 16.1. The zero-order valence-electron chi connectivity index (χ0n) is 16.9. The molecule has 1 aliphatic rings. The molecule has 2 heterocycles. The lowest BCUT2D eigenvalue weighted by atomic mass is 9.99. The Balaban J connectivity index is 1.91. The molecule has 0 aliphatic carbocycles. The van der Waals surface area contributed by atoms with Crippen LogP contribution in [0.25, 0.3) is 22.3 Å². The highest BCUT2D eigenvalue weighted by Crippen LogP contribution is 2.39. The first-order valence-corrected chi connectivity index (χ1v) is 9.64. The van der Waals surface area contributed by atoms with Crippen LogP contribution in [0.1, 0.15) is 0 Å². The van der Waals surface area contributed by atoms with Crippen LogP contribution in [0.4, 0.5) is 0 Å². The average Bonchev–Trinajstić information content (AvgIpc) is 2.76. The average molecular weight is 478 g/mol. The van der Waals surface area contributed by atoms with Gasteiger partial charge in [0.15, 0.2) is 23.4 Å². The van der Waals surface area contributed by atoms with Gasteiger partial charge in [0, 0.05) is 17.7 Å². The number of carboxylic acids is 1. The third kappa shape index (κ3) is 3.82. The third-order valence-corrected chi connectivity index (χ3v) is 5.20. The Kier molecular flexibility index (Phi) is 5.70. The highest BCUT2D eigenvalue weighted by Gasteiger charge is 2.48. The molecule has 0 radical (unpaired) electrons. The summed E-state index contributed by atoms with van der Waals surface area (Å²) in [5, 5.41) is 78.3. The lowest BCUT2D eigenvalue weighted by molar-refractivity contribution is -0.271. The molecule has 8 N–H and O–H groups in total. The van der Waals surface area contributed by atoms with Gasteiger partial charge in [0.2, 0.25) is 17.5 Å². The van der Waals surface area contributed by atoms with Crippen LogP contribution in [0.15, 0.2) is 39.5 Å². The molecule has 1 aromatic heterocycles. The normalized spacial score (nSPS) is 24.7. The van der Waals surface area contributed by atoms with Crippen LogP contribution in [0.5, 0.6) is 28.7 Å². The molecule has 0 bridgehead atoms. The first kappa shape index (κ1) is 23.1. The van der Waals surface area contributed by atoms with Gasteiger partial charge in [-0.1, -0.05) is 0 Å². The van der Waals surface area contributed by atoms with Crippen molar-refractivity contribution in [1.82, 2.24) is 0 Å². The molecule has 0 spiro atoms. The van der Waals surface area contributed by atoms with Crippen LogP contribution in [0.2, 0.25) is 0 Å². The Labute approximate surface area is 188 Å². The number of fused-ring (bicyclic) bond motifs is 1. The van der Waals surface area contributed by atoms with Gasteiger partial charge < -0.3 is 54.7 Å². The minimum Gasteiger partial charge on any atom is -0.508 e. The molecule has 13 nitrogen and oxygen atoms in total. The molecule has 0 saturated carbocycles. The quantitative estimate of drug-likeness (QED) is 0.223. The second kappa shape index (κ2) is 8.39. The first-order chi connectivity index (χ1) is 16.0. The van der Waals surface area contributed by atoms with Crippen molar-refractivity contribution in [2.24, 2.45) is 0 Å². The zero-order chi connectivity index (χ0) is 24.9. The highest BCUT2D eigenvalue weighted by molar-refractivity contribution is 5.88. The molecule has 34 heavy (non-hydrogen) atoms. The van der Waals surface area contributed by atoms with E-state index < -0.39 is 82.0 Å². The number of aliphatic carboxylic acids is 1. The fourth-order valence-corrected chi connectivity index (χ4v) is 3.50. The van der Waals surface area contributed by atoms with Gasteiger partial charge in [-0.25, -0.2) is 4.79 Å². The van der Waals surface area contributed by atoms with E-state index in [1.165, 1.54) is 6.07 Å². The van der Waals surface area contributed by atoms with Gasteiger partial charge in [-0.2, -0.15) is 0 Å². The van der Waals surface area contributed by atoms with Crippen LogP contribution in [0, 0.1) is 0 Å². The smallest absolute Gasteiger partial charge is 0.335 e. The lowest BCUT2D eigenvalue weighted by Crippen LogP contribution is -2.61. The van der Waals surface area contributed by atoms with E-state index in [1.54, 1.807) is 0 Å². The van der Waals surface area contributed by atoms with E-state index in [1.807, 2.05) is 0 Å². The minimum atomic E-state index is -2.03. The third-order valence-electron chi connectivity index (χ3n) is 5.20. The van der Waals surface area contributed by atoms with Crippen LogP contribution in [0.3, 0.4) is 0 Å². The van der Waals surface area contributed by atoms with E-state index in [0.717, 1.165) is 24.3 Å². The van der Waals surface area contributed by atoms with E-state index in [-0.39, 0.29) is 11.1 Å². The maximum atomic E-state index is 13.2. The molecule has 2 aromatic carbocycles. The SMILES string of the molecule is O=C(O)[C@H]1O[C@H](Oc2c(-c3ccc(O)c(O)c3)oc3cc(O)cc(O)c3c2=O)[C@@H](O)[C@@H](O)[C@@H]1O. The number of aliphatic hydroxyl groups excluding tert-OH is 3. The van der Waals surface area contributed by atoms with Gasteiger partial charge in [-0.15, -0.1) is 0 Å². The minimum absolute atomic E-state index is 0.0483. The topological polar surface area (TPSA) is 228 Å². The predicted octanol–water partition coefficient (Wildman–Crippen LogP) is -0.447.